The standard InChI is InChI=1S/C24H30ClN7O3Si/c1-16(13-32-8-7-20(30-32)17-5-6-18(12-26)19(25)11-17)28-24(34)21-14-31(23(29-21)22(27)33)15-35-9-10-36(2,3)4/h5-8,11,14,16H,9-10,13,15H2,1-4H3,(H2,27,33)(H,28,34). The van der Waals surface area contributed by atoms with Gasteiger partial charge >= 0.3 is 0 Å². The van der Waals surface area contributed by atoms with Crippen LogP contribution < -0.4 is 11.1 Å². The molecular formula is C24H30ClN7O3Si. The lowest BCUT2D eigenvalue weighted by molar-refractivity contribution is 0.0800. The van der Waals surface area contributed by atoms with E-state index in [1.54, 1.807) is 29.1 Å². The Morgan fingerprint density at radius 3 is 2.69 bits per heavy atom. The lowest BCUT2D eigenvalue weighted by Crippen LogP contribution is -2.36. The largest absolute Gasteiger partial charge is 0.363 e. The molecule has 3 N–H and O–H groups in total. The molecule has 0 radical (unpaired) electrons. The Labute approximate surface area is 216 Å². The third-order valence-electron chi connectivity index (χ3n) is 5.32. The number of primary amides is 1. The van der Waals surface area contributed by atoms with Crippen molar-refractivity contribution in [2.45, 2.75) is 51.9 Å². The van der Waals surface area contributed by atoms with Crippen LogP contribution in [0.15, 0.2) is 36.7 Å². The molecule has 2 amide bonds. The zero-order valence-electron chi connectivity index (χ0n) is 20.8. The Morgan fingerprint density at radius 2 is 2.06 bits per heavy atom. The quantitative estimate of drug-likeness (QED) is 0.289. The topological polar surface area (TPSA) is 141 Å². The molecule has 1 unspecified atom stereocenters. The van der Waals surface area contributed by atoms with Crippen molar-refractivity contribution in [1.82, 2.24) is 24.6 Å². The highest BCUT2D eigenvalue weighted by Gasteiger charge is 2.20. The summed E-state index contributed by atoms with van der Waals surface area (Å²) in [6.45, 7) is 9.64. The Kier molecular flexibility index (Phi) is 8.68. The molecule has 0 aliphatic rings. The monoisotopic (exact) mass is 527 g/mol. The molecule has 0 aliphatic carbocycles. The Hall–Kier alpha value is -3.46. The highest BCUT2D eigenvalue weighted by molar-refractivity contribution is 6.76. The minimum Gasteiger partial charge on any atom is -0.363 e. The minimum absolute atomic E-state index is 0.0291. The van der Waals surface area contributed by atoms with Gasteiger partial charge in [-0.1, -0.05) is 37.3 Å². The second kappa shape index (κ2) is 11.5. The molecule has 12 heteroatoms. The number of benzene rings is 1. The van der Waals surface area contributed by atoms with E-state index in [-0.39, 0.29) is 24.3 Å². The van der Waals surface area contributed by atoms with E-state index in [0.717, 1.165) is 11.6 Å². The fraction of sp³-hybridized carbons (Fsp3) is 0.375. The van der Waals surface area contributed by atoms with Crippen molar-refractivity contribution in [2.24, 2.45) is 5.73 Å². The number of ether oxygens (including phenoxy) is 1. The van der Waals surface area contributed by atoms with Crippen molar-refractivity contribution in [1.29, 1.82) is 5.26 Å². The third-order valence-corrected chi connectivity index (χ3v) is 7.34. The predicted molar refractivity (Wildman–Crippen MR) is 139 cm³/mol. The number of nitrogens with one attached hydrogen (secondary N) is 1. The van der Waals surface area contributed by atoms with Crippen LogP contribution in [-0.2, 0) is 18.0 Å². The fourth-order valence-electron chi connectivity index (χ4n) is 3.37. The summed E-state index contributed by atoms with van der Waals surface area (Å²) in [5.41, 5.74) is 7.40. The predicted octanol–water partition coefficient (Wildman–Crippen LogP) is 3.50. The van der Waals surface area contributed by atoms with Crippen molar-refractivity contribution < 1.29 is 14.3 Å². The van der Waals surface area contributed by atoms with E-state index < -0.39 is 19.9 Å². The smallest absolute Gasteiger partial charge is 0.284 e. The molecule has 190 valence electrons. The first-order valence-corrected chi connectivity index (χ1v) is 15.5. The molecule has 3 aromatic rings. The highest BCUT2D eigenvalue weighted by atomic mass is 35.5. The molecule has 10 nitrogen and oxygen atoms in total. The van der Waals surface area contributed by atoms with Gasteiger partial charge in [0.05, 0.1) is 22.8 Å². The molecule has 2 aromatic heterocycles. The van der Waals surface area contributed by atoms with Crippen molar-refractivity contribution >= 4 is 31.5 Å². The van der Waals surface area contributed by atoms with Crippen molar-refractivity contribution in [2.75, 3.05) is 6.61 Å². The second-order valence-electron chi connectivity index (χ2n) is 9.74. The Bertz CT molecular complexity index is 1290. The molecule has 0 spiro atoms. The molecule has 0 saturated carbocycles. The van der Waals surface area contributed by atoms with Crippen LogP contribution in [0.2, 0.25) is 30.7 Å². The average Bonchev–Trinajstić information content (AvgIpc) is 3.43. The van der Waals surface area contributed by atoms with Crippen molar-refractivity contribution in [3.8, 4) is 17.3 Å². The van der Waals surface area contributed by atoms with Gasteiger partial charge in [-0.3, -0.25) is 14.3 Å². The Balaban J connectivity index is 1.61. The minimum atomic E-state index is -1.25. The van der Waals surface area contributed by atoms with Gasteiger partial charge in [0.2, 0.25) is 5.82 Å². The van der Waals surface area contributed by atoms with Crippen LogP contribution in [0.5, 0.6) is 0 Å². The number of amides is 2. The summed E-state index contributed by atoms with van der Waals surface area (Å²) < 4.78 is 8.83. The third kappa shape index (κ3) is 7.27. The van der Waals surface area contributed by atoms with Gasteiger partial charge in [0, 0.05) is 38.7 Å². The fourth-order valence-corrected chi connectivity index (χ4v) is 4.35. The SMILES string of the molecule is CC(Cn1ccc(-c2ccc(C#N)c(Cl)c2)n1)NC(=O)c1cn(COCC[Si](C)(C)C)c(C(N)=O)n1. The van der Waals surface area contributed by atoms with Crippen LogP contribution in [0.3, 0.4) is 0 Å². The molecule has 0 saturated heterocycles. The van der Waals surface area contributed by atoms with E-state index in [0.29, 0.717) is 29.4 Å². The number of carbonyl (C=O) groups excluding carboxylic acids is 2. The van der Waals surface area contributed by atoms with Crippen LogP contribution in [0.25, 0.3) is 11.3 Å². The molecule has 2 heterocycles. The normalized spacial score (nSPS) is 12.2. The van der Waals surface area contributed by atoms with E-state index in [9.17, 15) is 9.59 Å². The highest BCUT2D eigenvalue weighted by Crippen LogP contribution is 2.24. The first-order valence-electron chi connectivity index (χ1n) is 11.5. The first-order chi connectivity index (χ1) is 17.0. The maximum Gasteiger partial charge on any atom is 0.284 e. The number of nitrogens with two attached hydrogens (primary N) is 1. The van der Waals surface area contributed by atoms with E-state index in [1.165, 1.54) is 10.8 Å². The maximum absolute atomic E-state index is 12.8. The summed E-state index contributed by atoms with van der Waals surface area (Å²) in [5, 5.41) is 16.8. The van der Waals surface area contributed by atoms with Crippen molar-refractivity contribution in [3.05, 3.63) is 58.8 Å². The van der Waals surface area contributed by atoms with Gasteiger partial charge < -0.3 is 20.4 Å². The van der Waals surface area contributed by atoms with E-state index >= 15 is 0 Å². The van der Waals surface area contributed by atoms with Gasteiger partial charge in [0.25, 0.3) is 11.8 Å². The number of carbonyl (C=O) groups is 2. The lowest BCUT2D eigenvalue weighted by Gasteiger charge is -2.15. The lowest BCUT2D eigenvalue weighted by atomic mass is 10.1. The van der Waals surface area contributed by atoms with Crippen LogP contribution in [0.1, 0.15) is 33.6 Å². The number of halogens is 1. The average molecular weight is 528 g/mol. The van der Waals surface area contributed by atoms with Crippen LogP contribution in [-0.4, -0.2) is 51.9 Å². The first kappa shape index (κ1) is 27.1. The molecule has 0 bridgehead atoms. The molecule has 3 rings (SSSR count). The molecule has 0 aliphatic heterocycles. The molecule has 1 atom stereocenters. The van der Waals surface area contributed by atoms with Crippen molar-refractivity contribution in [3.63, 3.8) is 0 Å². The Morgan fingerprint density at radius 1 is 1.31 bits per heavy atom. The zero-order chi connectivity index (χ0) is 26.5. The number of nitriles is 1. The summed E-state index contributed by atoms with van der Waals surface area (Å²) in [5.74, 6) is -1.20. The van der Waals surface area contributed by atoms with Crippen LogP contribution >= 0.6 is 11.6 Å². The van der Waals surface area contributed by atoms with Gasteiger partial charge in [-0.25, -0.2) is 4.98 Å². The van der Waals surface area contributed by atoms with Gasteiger partial charge in [-0.15, -0.1) is 0 Å². The number of rotatable bonds is 11. The van der Waals surface area contributed by atoms with Gasteiger partial charge in [0.1, 0.15) is 18.5 Å². The van der Waals surface area contributed by atoms with E-state index in [2.05, 4.69) is 35.0 Å². The number of imidazole rings is 1. The summed E-state index contributed by atoms with van der Waals surface area (Å²) in [6.07, 6.45) is 3.26. The van der Waals surface area contributed by atoms with Gasteiger partial charge in [-0.2, -0.15) is 10.4 Å². The summed E-state index contributed by atoms with van der Waals surface area (Å²) in [4.78, 5) is 28.7. The zero-order valence-corrected chi connectivity index (χ0v) is 22.5. The number of nitrogens with zero attached hydrogens (tertiary/aromatic N) is 5. The van der Waals surface area contributed by atoms with E-state index in [4.69, 9.17) is 27.3 Å². The second-order valence-corrected chi connectivity index (χ2v) is 15.8. The van der Waals surface area contributed by atoms with E-state index in [1.807, 2.05) is 19.1 Å². The summed E-state index contributed by atoms with van der Waals surface area (Å²) in [6, 6.07) is 9.67. The number of hydrogen-bond acceptors (Lipinski definition) is 6. The van der Waals surface area contributed by atoms with Crippen LogP contribution in [0, 0.1) is 11.3 Å². The van der Waals surface area contributed by atoms with Gasteiger partial charge in [0.15, 0.2) is 0 Å². The van der Waals surface area contributed by atoms with Gasteiger partial charge in [-0.05, 0) is 31.2 Å². The van der Waals surface area contributed by atoms with Crippen LogP contribution in [0.4, 0.5) is 0 Å². The molecule has 1 aromatic carbocycles. The molecule has 0 fully saturated rings. The number of hydrogen-bond donors (Lipinski definition) is 2. The number of aromatic nitrogens is 4. The summed E-state index contributed by atoms with van der Waals surface area (Å²) >= 11 is 6.12. The summed E-state index contributed by atoms with van der Waals surface area (Å²) in [7, 11) is -1.25. The molecule has 36 heavy (non-hydrogen) atoms. The molecular weight excluding hydrogens is 498 g/mol. The maximum atomic E-state index is 12.8.